The van der Waals surface area contributed by atoms with Crippen LogP contribution in [0.15, 0.2) is 0 Å². The Morgan fingerprint density at radius 1 is 1.26 bits per heavy atom. The van der Waals surface area contributed by atoms with Crippen LogP contribution in [0, 0.1) is 5.41 Å². The predicted octanol–water partition coefficient (Wildman–Crippen LogP) is 2.42. The molecule has 0 radical (unpaired) electrons. The summed E-state index contributed by atoms with van der Waals surface area (Å²) in [5.74, 6) is -0.752. The Labute approximate surface area is 115 Å². The average molecular weight is 270 g/mol. The first kappa shape index (κ1) is 15.8. The van der Waals surface area contributed by atoms with E-state index in [4.69, 9.17) is 0 Å². The quantitative estimate of drug-likeness (QED) is 0.834. The van der Waals surface area contributed by atoms with Crippen molar-refractivity contribution >= 4 is 12.0 Å². The lowest BCUT2D eigenvalue weighted by molar-refractivity contribution is -0.150. The Hall–Kier alpha value is -1.26. The molecule has 0 spiro atoms. The van der Waals surface area contributed by atoms with Gasteiger partial charge in [0, 0.05) is 26.2 Å². The molecule has 1 aliphatic heterocycles. The number of likely N-dealkylation sites (tertiary alicyclic amines) is 1. The highest BCUT2D eigenvalue weighted by atomic mass is 16.4. The number of carbonyl (C=O) groups excluding carboxylic acids is 1. The van der Waals surface area contributed by atoms with Gasteiger partial charge in [0.25, 0.3) is 0 Å². The molecule has 5 nitrogen and oxygen atoms in total. The summed E-state index contributed by atoms with van der Waals surface area (Å²) in [4.78, 5) is 27.1. The maximum Gasteiger partial charge on any atom is 0.319 e. The zero-order chi connectivity index (χ0) is 14.5. The van der Waals surface area contributed by atoms with Gasteiger partial charge in [0.2, 0.25) is 0 Å². The molecule has 0 atom stereocenters. The van der Waals surface area contributed by atoms with Crippen LogP contribution >= 0.6 is 0 Å². The third-order valence-electron chi connectivity index (χ3n) is 4.09. The third kappa shape index (κ3) is 3.85. The summed E-state index contributed by atoms with van der Waals surface area (Å²) in [5.41, 5.74) is -0.669. The van der Waals surface area contributed by atoms with Crippen LogP contribution in [0.3, 0.4) is 0 Å². The van der Waals surface area contributed by atoms with Crippen LogP contribution in [0.25, 0.3) is 0 Å². The van der Waals surface area contributed by atoms with Crippen molar-refractivity contribution in [3.63, 3.8) is 0 Å². The smallest absolute Gasteiger partial charge is 0.319 e. The van der Waals surface area contributed by atoms with Gasteiger partial charge in [0.15, 0.2) is 0 Å². The monoisotopic (exact) mass is 270 g/mol. The van der Waals surface area contributed by atoms with E-state index < -0.39 is 11.4 Å². The zero-order valence-electron chi connectivity index (χ0n) is 12.3. The van der Waals surface area contributed by atoms with E-state index in [0.717, 1.165) is 19.4 Å². The fourth-order valence-electron chi connectivity index (χ4n) is 2.34. The molecule has 0 aromatic heterocycles. The number of amides is 2. The topological polar surface area (TPSA) is 60.9 Å². The molecule has 0 aromatic carbocycles. The Morgan fingerprint density at radius 3 is 2.26 bits per heavy atom. The normalized spacial score (nSPS) is 18.2. The van der Waals surface area contributed by atoms with E-state index in [1.54, 1.807) is 11.8 Å². The number of carbonyl (C=O) groups is 2. The van der Waals surface area contributed by atoms with Gasteiger partial charge in [-0.1, -0.05) is 13.3 Å². The molecule has 1 saturated heterocycles. The second-order valence-corrected chi connectivity index (χ2v) is 5.57. The minimum absolute atomic E-state index is 0.0587. The van der Waals surface area contributed by atoms with Gasteiger partial charge in [-0.25, -0.2) is 4.79 Å². The summed E-state index contributed by atoms with van der Waals surface area (Å²) < 4.78 is 0. The van der Waals surface area contributed by atoms with Crippen molar-refractivity contribution in [3.05, 3.63) is 0 Å². The summed E-state index contributed by atoms with van der Waals surface area (Å²) in [6.45, 7) is 8.46. The summed E-state index contributed by atoms with van der Waals surface area (Å²) in [6, 6.07) is 0.0587. The van der Waals surface area contributed by atoms with E-state index in [9.17, 15) is 14.7 Å². The van der Waals surface area contributed by atoms with E-state index in [0.29, 0.717) is 32.5 Å². The van der Waals surface area contributed by atoms with Gasteiger partial charge in [0.05, 0.1) is 5.41 Å². The van der Waals surface area contributed by atoms with Crippen molar-refractivity contribution in [1.29, 1.82) is 0 Å². The number of hydrogen-bond donors (Lipinski definition) is 1. The SMILES string of the molecule is CCCCN(CC)C(=O)N1CCC(C)(C(=O)O)CC1. The van der Waals surface area contributed by atoms with Gasteiger partial charge >= 0.3 is 12.0 Å². The van der Waals surface area contributed by atoms with E-state index in [1.807, 2.05) is 11.8 Å². The molecule has 5 heteroatoms. The predicted molar refractivity (Wildman–Crippen MR) is 74.1 cm³/mol. The maximum absolute atomic E-state index is 12.3. The summed E-state index contributed by atoms with van der Waals surface area (Å²) in [7, 11) is 0. The van der Waals surface area contributed by atoms with E-state index in [1.165, 1.54) is 0 Å². The van der Waals surface area contributed by atoms with E-state index >= 15 is 0 Å². The lowest BCUT2D eigenvalue weighted by atomic mass is 9.80. The average Bonchev–Trinajstić information content (AvgIpc) is 2.40. The summed E-state index contributed by atoms with van der Waals surface area (Å²) in [6.07, 6.45) is 3.17. The van der Waals surface area contributed by atoms with Gasteiger partial charge in [-0.3, -0.25) is 4.79 Å². The highest BCUT2D eigenvalue weighted by Gasteiger charge is 2.38. The molecular formula is C14H26N2O3. The minimum atomic E-state index is -0.752. The second-order valence-electron chi connectivity index (χ2n) is 5.57. The molecule has 0 bridgehead atoms. The molecular weight excluding hydrogens is 244 g/mol. The summed E-state index contributed by atoms with van der Waals surface area (Å²) >= 11 is 0. The lowest BCUT2D eigenvalue weighted by Crippen LogP contribution is -2.50. The fraction of sp³-hybridized carbons (Fsp3) is 0.857. The standard InChI is InChI=1S/C14H26N2O3/c1-4-6-9-15(5-2)13(19)16-10-7-14(3,8-11-16)12(17)18/h4-11H2,1-3H3,(H,17,18). The van der Waals surface area contributed by atoms with E-state index in [2.05, 4.69) is 6.92 Å². The molecule has 1 fully saturated rings. The molecule has 1 aliphatic rings. The van der Waals surface area contributed by atoms with Gasteiger partial charge in [-0.05, 0) is 33.1 Å². The number of hydrogen-bond acceptors (Lipinski definition) is 2. The zero-order valence-corrected chi connectivity index (χ0v) is 12.3. The van der Waals surface area contributed by atoms with Crippen molar-refractivity contribution in [2.75, 3.05) is 26.2 Å². The highest BCUT2D eigenvalue weighted by molar-refractivity contribution is 5.77. The van der Waals surface area contributed by atoms with Gasteiger partial charge in [-0.2, -0.15) is 0 Å². The van der Waals surface area contributed by atoms with Crippen molar-refractivity contribution in [3.8, 4) is 0 Å². The third-order valence-corrected chi connectivity index (χ3v) is 4.09. The van der Waals surface area contributed by atoms with Gasteiger partial charge in [0.1, 0.15) is 0 Å². The minimum Gasteiger partial charge on any atom is -0.481 e. The van der Waals surface area contributed by atoms with Crippen molar-refractivity contribution < 1.29 is 14.7 Å². The number of urea groups is 1. The van der Waals surface area contributed by atoms with Gasteiger partial charge in [-0.15, -0.1) is 0 Å². The molecule has 1 rings (SSSR count). The van der Waals surface area contributed by atoms with Gasteiger partial charge < -0.3 is 14.9 Å². The molecule has 0 aliphatic carbocycles. The number of carboxylic acid groups (broad SMARTS) is 1. The van der Waals surface area contributed by atoms with Crippen LogP contribution in [0.1, 0.15) is 46.5 Å². The maximum atomic E-state index is 12.3. The molecule has 2 amide bonds. The molecule has 1 N–H and O–H groups in total. The Morgan fingerprint density at radius 2 is 1.84 bits per heavy atom. The van der Waals surface area contributed by atoms with Crippen molar-refractivity contribution in [1.82, 2.24) is 9.80 Å². The Kier molecular flexibility index (Phi) is 5.63. The van der Waals surface area contributed by atoms with Crippen LogP contribution in [-0.4, -0.2) is 53.1 Å². The first-order valence-electron chi connectivity index (χ1n) is 7.22. The van der Waals surface area contributed by atoms with Crippen LogP contribution in [0.4, 0.5) is 4.79 Å². The number of aliphatic carboxylic acids is 1. The van der Waals surface area contributed by atoms with E-state index in [-0.39, 0.29) is 6.03 Å². The van der Waals surface area contributed by atoms with Crippen molar-refractivity contribution in [2.45, 2.75) is 46.5 Å². The van der Waals surface area contributed by atoms with Crippen LogP contribution in [0.5, 0.6) is 0 Å². The second kappa shape index (κ2) is 6.78. The first-order valence-corrected chi connectivity index (χ1v) is 7.22. The molecule has 0 aromatic rings. The molecule has 1 heterocycles. The molecule has 110 valence electrons. The fourth-order valence-corrected chi connectivity index (χ4v) is 2.34. The number of rotatable bonds is 5. The Bertz CT molecular complexity index is 323. The summed E-state index contributed by atoms with van der Waals surface area (Å²) in [5, 5.41) is 9.18. The largest absolute Gasteiger partial charge is 0.481 e. The molecule has 0 unspecified atom stereocenters. The van der Waals surface area contributed by atoms with Crippen LogP contribution in [-0.2, 0) is 4.79 Å². The highest BCUT2D eigenvalue weighted by Crippen LogP contribution is 2.31. The van der Waals surface area contributed by atoms with Crippen LogP contribution < -0.4 is 0 Å². The number of carboxylic acids is 1. The Balaban J connectivity index is 2.54. The molecule has 0 saturated carbocycles. The number of unbranched alkanes of at least 4 members (excludes halogenated alkanes) is 1. The van der Waals surface area contributed by atoms with Crippen LogP contribution in [0.2, 0.25) is 0 Å². The first-order chi connectivity index (χ1) is 8.94. The number of piperidine rings is 1. The van der Waals surface area contributed by atoms with Crippen molar-refractivity contribution in [2.24, 2.45) is 5.41 Å². The number of nitrogens with zero attached hydrogens (tertiary/aromatic N) is 2. The lowest BCUT2D eigenvalue weighted by Gasteiger charge is -2.38. The molecule has 19 heavy (non-hydrogen) atoms.